The number of hydrogen-bond donors (Lipinski definition) is 0. The van der Waals surface area contributed by atoms with Crippen molar-refractivity contribution in [1.29, 1.82) is 5.26 Å². The number of hydrogen-bond acceptors (Lipinski definition) is 1. The van der Waals surface area contributed by atoms with E-state index < -0.39 is 0 Å². The maximum Gasteiger partial charge on any atom is 0.0810 e. The highest BCUT2D eigenvalue weighted by Gasteiger charge is 2.40. The molecule has 0 bridgehead atoms. The Hall–Kier alpha value is -1.81. The van der Waals surface area contributed by atoms with Crippen molar-refractivity contribution in [3.63, 3.8) is 0 Å². The van der Waals surface area contributed by atoms with Gasteiger partial charge >= 0.3 is 0 Å². The molecule has 0 spiro atoms. The van der Waals surface area contributed by atoms with Crippen molar-refractivity contribution in [2.75, 3.05) is 0 Å². The molecule has 1 aliphatic rings. The second-order valence-corrected chi connectivity index (χ2v) is 5.03. The van der Waals surface area contributed by atoms with Crippen LogP contribution < -0.4 is 0 Å². The molecule has 78 valence electrons. The standard InChI is InChI=1S/C15H13N/c1-15(2)12-8-4-6-10-5-3-7-11(14(10)12)13(15)9-16/h3-8,13H,1-2H3/t13-/m1/s1. The topological polar surface area (TPSA) is 23.8 Å². The van der Waals surface area contributed by atoms with E-state index in [0.29, 0.717) is 0 Å². The van der Waals surface area contributed by atoms with Crippen molar-refractivity contribution in [2.45, 2.75) is 25.2 Å². The fourth-order valence-electron chi connectivity index (χ4n) is 2.92. The summed E-state index contributed by atoms with van der Waals surface area (Å²) in [7, 11) is 0. The fourth-order valence-corrected chi connectivity index (χ4v) is 2.92. The van der Waals surface area contributed by atoms with Gasteiger partial charge in [0.05, 0.1) is 12.0 Å². The lowest BCUT2D eigenvalue weighted by Gasteiger charge is -2.23. The Bertz CT molecular complexity index is 612. The highest BCUT2D eigenvalue weighted by Crippen LogP contribution is 2.49. The molecule has 2 aromatic carbocycles. The quantitative estimate of drug-likeness (QED) is 0.645. The minimum atomic E-state index is -0.0715. The van der Waals surface area contributed by atoms with Gasteiger partial charge in [0.15, 0.2) is 0 Å². The SMILES string of the molecule is CC1(C)c2cccc3cccc(c23)[C@H]1C#N. The van der Waals surface area contributed by atoms with Crippen LogP contribution in [0.15, 0.2) is 36.4 Å². The summed E-state index contributed by atoms with van der Waals surface area (Å²) >= 11 is 0. The van der Waals surface area contributed by atoms with Crippen LogP contribution in [-0.4, -0.2) is 0 Å². The summed E-state index contributed by atoms with van der Waals surface area (Å²) < 4.78 is 0. The molecule has 1 atom stereocenters. The third-order valence-electron chi connectivity index (χ3n) is 3.79. The molecule has 0 N–H and O–H groups in total. The van der Waals surface area contributed by atoms with Crippen LogP contribution in [0.25, 0.3) is 10.8 Å². The summed E-state index contributed by atoms with van der Waals surface area (Å²) in [4.78, 5) is 0. The van der Waals surface area contributed by atoms with Gasteiger partial charge in [0.1, 0.15) is 0 Å². The van der Waals surface area contributed by atoms with Crippen LogP contribution in [0.1, 0.15) is 30.9 Å². The van der Waals surface area contributed by atoms with E-state index in [0.717, 1.165) is 0 Å². The van der Waals surface area contributed by atoms with E-state index in [4.69, 9.17) is 0 Å². The van der Waals surface area contributed by atoms with Gasteiger partial charge in [-0.1, -0.05) is 50.2 Å². The van der Waals surface area contributed by atoms with Crippen molar-refractivity contribution in [1.82, 2.24) is 0 Å². The van der Waals surface area contributed by atoms with E-state index in [2.05, 4.69) is 50.2 Å². The number of nitrogens with zero attached hydrogens (tertiary/aromatic N) is 1. The summed E-state index contributed by atoms with van der Waals surface area (Å²) in [6, 6.07) is 15.1. The summed E-state index contributed by atoms with van der Waals surface area (Å²) in [5.74, 6) is -0.0198. The van der Waals surface area contributed by atoms with Gasteiger partial charge < -0.3 is 0 Å². The van der Waals surface area contributed by atoms with Crippen molar-refractivity contribution in [3.8, 4) is 6.07 Å². The third-order valence-corrected chi connectivity index (χ3v) is 3.79. The lowest BCUT2D eigenvalue weighted by atomic mass is 9.78. The van der Waals surface area contributed by atoms with Crippen molar-refractivity contribution >= 4 is 10.8 Å². The number of nitriles is 1. The van der Waals surface area contributed by atoms with Crippen LogP contribution in [0, 0.1) is 11.3 Å². The lowest BCUT2D eigenvalue weighted by Crippen LogP contribution is -2.20. The maximum atomic E-state index is 9.38. The highest BCUT2D eigenvalue weighted by molar-refractivity contribution is 5.93. The minimum absolute atomic E-state index is 0.0198. The smallest absolute Gasteiger partial charge is 0.0810 e. The second kappa shape index (κ2) is 2.86. The first-order valence-corrected chi connectivity index (χ1v) is 5.58. The zero-order chi connectivity index (χ0) is 11.3. The maximum absolute atomic E-state index is 9.38. The first-order chi connectivity index (χ1) is 7.66. The molecule has 0 unspecified atom stereocenters. The number of benzene rings is 2. The predicted molar refractivity (Wildman–Crippen MR) is 65.3 cm³/mol. The monoisotopic (exact) mass is 207 g/mol. The molecule has 1 aliphatic carbocycles. The molecule has 0 aliphatic heterocycles. The first-order valence-electron chi connectivity index (χ1n) is 5.58. The van der Waals surface area contributed by atoms with Gasteiger partial charge in [0.25, 0.3) is 0 Å². The van der Waals surface area contributed by atoms with E-state index in [1.807, 2.05) is 6.07 Å². The normalized spacial score (nSPS) is 20.9. The van der Waals surface area contributed by atoms with Crippen molar-refractivity contribution < 1.29 is 0 Å². The number of rotatable bonds is 0. The zero-order valence-corrected chi connectivity index (χ0v) is 9.49. The Labute approximate surface area is 95.3 Å². The average Bonchev–Trinajstić information content (AvgIpc) is 2.50. The summed E-state index contributed by atoms with van der Waals surface area (Å²) in [6.45, 7) is 4.32. The van der Waals surface area contributed by atoms with Gasteiger partial charge in [-0.25, -0.2) is 0 Å². The molecule has 0 heterocycles. The van der Waals surface area contributed by atoms with Crippen LogP contribution >= 0.6 is 0 Å². The summed E-state index contributed by atoms with van der Waals surface area (Å²) in [5.41, 5.74) is 2.44. The average molecular weight is 207 g/mol. The second-order valence-electron chi connectivity index (χ2n) is 5.03. The van der Waals surface area contributed by atoms with Gasteiger partial charge in [-0.15, -0.1) is 0 Å². The molecule has 0 aromatic heterocycles. The van der Waals surface area contributed by atoms with E-state index in [9.17, 15) is 5.26 Å². The first kappa shape index (κ1) is 9.42. The molecule has 0 amide bonds. The van der Waals surface area contributed by atoms with Gasteiger partial charge in [-0.3, -0.25) is 0 Å². The third kappa shape index (κ3) is 0.945. The predicted octanol–water partition coefficient (Wildman–Crippen LogP) is 3.74. The molecule has 3 rings (SSSR count). The van der Waals surface area contributed by atoms with Gasteiger partial charge in [-0.05, 0) is 21.9 Å². The summed E-state index contributed by atoms with van der Waals surface area (Å²) in [5, 5.41) is 11.9. The minimum Gasteiger partial charge on any atom is -0.198 e. The van der Waals surface area contributed by atoms with Gasteiger partial charge in [0, 0.05) is 5.41 Å². The van der Waals surface area contributed by atoms with E-state index >= 15 is 0 Å². The van der Waals surface area contributed by atoms with Crippen LogP contribution in [0.3, 0.4) is 0 Å². The Morgan fingerprint density at radius 2 is 1.81 bits per heavy atom. The molecule has 1 heteroatoms. The highest BCUT2D eigenvalue weighted by atomic mass is 14.4. The molecule has 2 aromatic rings. The Balaban J connectivity index is 2.50. The van der Waals surface area contributed by atoms with Gasteiger partial charge in [-0.2, -0.15) is 5.26 Å². The largest absolute Gasteiger partial charge is 0.198 e. The molecule has 0 saturated carbocycles. The molecule has 16 heavy (non-hydrogen) atoms. The van der Waals surface area contributed by atoms with Crippen molar-refractivity contribution in [3.05, 3.63) is 47.5 Å². The Morgan fingerprint density at radius 3 is 2.50 bits per heavy atom. The Kier molecular flexibility index (Phi) is 1.68. The van der Waals surface area contributed by atoms with Crippen LogP contribution in [0.5, 0.6) is 0 Å². The van der Waals surface area contributed by atoms with Crippen LogP contribution in [0.4, 0.5) is 0 Å². The van der Waals surface area contributed by atoms with Gasteiger partial charge in [0.2, 0.25) is 0 Å². The lowest BCUT2D eigenvalue weighted by molar-refractivity contribution is 0.500. The fraction of sp³-hybridized carbons (Fsp3) is 0.267. The van der Waals surface area contributed by atoms with Crippen LogP contribution in [0.2, 0.25) is 0 Å². The molecule has 1 nitrogen and oxygen atoms in total. The molecule has 0 fully saturated rings. The molecular weight excluding hydrogens is 194 g/mol. The van der Waals surface area contributed by atoms with Crippen molar-refractivity contribution in [2.24, 2.45) is 0 Å². The molecule has 0 saturated heterocycles. The Morgan fingerprint density at radius 1 is 1.12 bits per heavy atom. The van der Waals surface area contributed by atoms with E-state index in [1.54, 1.807) is 0 Å². The molecular formula is C15H13N. The van der Waals surface area contributed by atoms with E-state index in [1.165, 1.54) is 21.9 Å². The zero-order valence-electron chi connectivity index (χ0n) is 9.49. The van der Waals surface area contributed by atoms with Crippen LogP contribution in [-0.2, 0) is 5.41 Å². The summed E-state index contributed by atoms with van der Waals surface area (Å²) in [6.07, 6.45) is 0. The molecule has 0 radical (unpaired) electrons. The van der Waals surface area contributed by atoms with E-state index in [-0.39, 0.29) is 11.3 Å².